The molecule has 0 amide bonds. The second-order valence-corrected chi connectivity index (χ2v) is 5.90. The van der Waals surface area contributed by atoms with Crippen molar-refractivity contribution in [3.8, 4) is 5.75 Å². The summed E-state index contributed by atoms with van der Waals surface area (Å²) in [6, 6.07) is 5.09. The van der Waals surface area contributed by atoms with Crippen molar-refractivity contribution in [2.24, 2.45) is 0 Å². The number of aromatic nitrogens is 2. The van der Waals surface area contributed by atoms with Crippen LogP contribution in [-0.2, 0) is 0 Å². The van der Waals surface area contributed by atoms with Crippen LogP contribution in [0.4, 0.5) is 0 Å². The zero-order chi connectivity index (χ0) is 13.7. The molecule has 6 heteroatoms. The van der Waals surface area contributed by atoms with Crippen molar-refractivity contribution < 1.29 is 5.11 Å². The molecule has 0 saturated carbocycles. The summed E-state index contributed by atoms with van der Waals surface area (Å²) < 4.78 is 0.767. The van der Waals surface area contributed by atoms with Crippen LogP contribution in [0.15, 0.2) is 22.7 Å². The van der Waals surface area contributed by atoms with Gasteiger partial charge in [0.1, 0.15) is 22.3 Å². The second-order valence-electron chi connectivity index (χ2n) is 4.20. The topological polar surface area (TPSA) is 46.0 Å². The van der Waals surface area contributed by atoms with Crippen molar-refractivity contribution in [2.45, 2.75) is 6.92 Å². The fourth-order valence-corrected chi connectivity index (χ4v) is 3.08. The van der Waals surface area contributed by atoms with E-state index in [-0.39, 0.29) is 5.75 Å². The SMILES string of the molecule is Cc1cc(Br)c2nc3cc(Cl)cc(Cl)c3nc2c1O. The summed E-state index contributed by atoms with van der Waals surface area (Å²) in [6.07, 6.45) is 0. The third-order valence-electron chi connectivity index (χ3n) is 2.86. The minimum absolute atomic E-state index is 0.110. The molecule has 1 aromatic heterocycles. The van der Waals surface area contributed by atoms with Crippen LogP contribution in [0.5, 0.6) is 5.75 Å². The standard InChI is InChI=1S/C13H7BrCl2N2O/c1-5-2-7(14)10-12(13(5)19)18-11-8(16)3-6(15)4-9(11)17-10/h2-4,19H,1H3. The van der Waals surface area contributed by atoms with Crippen LogP contribution in [0.3, 0.4) is 0 Å². The van der Waals surface area contributed by atoms with E-state index >= 15 is 0 Å². The Morgan fingerprint density at radius 1 is 1.05 bits per heavy atom. The zero-order valence-corrected chi connectivity index (χ0v) is 12.8. The summed E-state index contributed by atoms with van der Waals surface area (Å²) in [5.74, 6) is 0.110. The largest absolute Gasteiger partial charge is 0.505 e. The lowest BCUT2D eigenvalue weighted by Gasteiger charge is -2.08. The van der Waals surface area contributed by atoms with Crippen molar-refractivity contribution in [3.05, 3.63) is 38.3 Å². The van der Waals surface area contributed by atoms with E-state index < -0.39 is 0 Å². The first-order valence-electron chi connectivity index (χ1n) is 5.42. The van der Waals surface area contributed by atoms with Gasteiger partial charge in [0.2, 0.25) is 0 Å². The molecule has 0 unspecified atom stereocenters. The highest BCUT2D eigenvalue weighted by Gasteiger charge is 2.13. The monoisotopic (exact) mass is 356 g/mol. The van der Waals surface area contributed by atoms with Crippen LogP contribution in [0, 0.1) is 6.92 Å². The molecule has 3 rings (SSSR count). The molecule has 0 saturated heterocycles. The first-order valence-corrected chi connectivity index (χ1v) is 6.97. The highest BCUT2D eigenvalue weighted by molar-refractivity contribution is 9.10. The average molecular weight is 358 g/mol. The van der Waals surface area contributed by atoms with Gasteiger partial charge in [-0.15, -0.1) is 0 Å². The molecule has 1 heterocycles. The van der Waals surface area contributed by atoms with E-state index in [1.54, 1.807) is 25.1 Å². The minimum Gasteiger partial charge on any atom is -0.505 e. The molecule has 0 aliphatic carbocycles. The Morgan fingerprint density at radius 2 is 1.79 bits per heavy atom. The maximum atomic E-state index is 10.1. The van der Waals surface area contributed by atoms with E-state index in [4.69, 9.17) is 23.2 Å². The molecular formula is C13H7BrCl2N2O. The van der Waals surface area contributed by atoms with Crippen molar-refractivity contribution in [1.29, 1.82) is 0 Å². The van der Waals surface area contributed by atoms with Crippen molar-refractivity contribution in [2.75, 3.05) is 0 Å². The Balaban J connectivity index is 2.56. The predicted octanol–water partition coefficient (Wildman–Crippen LogP) is 4.87. The van der Waals surface area contributed by atoms with Crippen molar-refractivity contribution in [1.82, 2.24) is 9.97 Å². The van der Waals surface area contributed by atoms with Crippen molar-refractivity contribution in [3.63, 3.8) is 0 Å². The second kappa shape index (κ2) is 4.47. The van der Waals surface area contributed by atoms with Crippen LogP contribution < -0.4 is 0 Å². The number of aromatic hydroxyl groups is 1. The fourth-order valence-electron chi connectivity index (χ4n) is 1.93. The third-order valence-corrected chi connectivity index (χ3v) is 3.97. The van der Waals surface area contributed by atoms with Crippen LogP contribution in [0.1, 0.15) is 5.56 Å². The first kappa shape index (κ1) is 12.9. The van der Waals surface area contributed by atoms with Gasteiger partial charge >= 0.3 is 0 Å². The number of rotatable bonds is 0. The van der Waals surface area contributed by atoms with Gasteiger partial charge in [0.25, 0.3) is 0 Å². The van der Waals surface area contributed by atoms with E-state index in [0.29, 0.717) is 32.1 Å². The molecule has 0 bridgehead atoms. The quantitative estimate of drug-likeness (QED) is 0.584. The Bertz CT molecular complexity index is 836. The van der Waals surface area contributed by atoms with E-state index in [1.165, 1.54) is 0 Å². The van der Waals surface area contributed by atoms with Gasteiger partial charge in [-0.05, 0) is 46.6 Å². The van der Waals surface area contributed by atoms with Gasteiger partial charge in [-0.1, -0.05) is 23.2 Å². The number of fused-ring (bicyclic) bond motifs is 2. The van der Waals surface area contributed by atoms with Crippen LogP contribution >= 0.6 is 39.1 Å². The molecule has 3 aromatic rings. The lowest BCUT2D eigenvalue weighted by atomic mass is 10.1. The van der Waals surface area contributed by atoms with Crippen LogP contribution in [0.25, 0.3) is 22.1 Å². The molecule has 0 aliphatic heterocycles. The third kappa shape index (κ3) is 2.04. The van der Waals surface area contributed by atoms with E-state index in [2.05, 4.69) is 25.9 Å². The molecule has 96 valence electrons. The zero-order valence-electron chi connectivity index (χ0n) is 9.71. The lowest BCUT2D eigenvalue weighted by Crippen LogP contribution is -1.91. The molecule has 2 aromatic carbocycles. The number of phenolic OH excluding ortho intramolecular Hbond substituents is 1. The number of halogens is 3. The normalized spacial score (nSPS) is 11.4. The van der Waals surface area contributed by atoms with Crippen LogP contribution in [-0.4, -0.2) is 15.1 Å². The molecule has 0 spiro atoms. The summed E-state index contributed by atoms with van der Waals surface area (Å²) >= 11 is 15.5. The van der Waals surface area contributed by atoms with Crippen LogP contribution in [0.2, 0.25) is 10.0 Å². The Morgan fingerprint density at radius 3 is 2.53 bits per heavy atom. The molecule has 19 heavy (non-hydrogen) atoms. The van der Waals surface area contributed by atoms with Gasteiger partial charge < -0.3 is 5.11 Å². The predicted molar refractivity (Wildman–Crippen MR) is 81.2 cm³/mol. The van der Waals surface area contributed by atoms with Gasteiger partial charge in [-0.3, -0.25) is 0 Å². The van der Waals surface area contributed by atoms with E-state index in [0.717, 1.165) is 10.0 Å². The van der Waals surface area contributed by atoms with Gasteiger partial charge in [0.05, 0.1) is 10.5 Å². The van der Waals surface area contributed by atoms with E-state index in [9.17, 15) is 5.11 Å². The van der Waals surface area contributed by atoms with E-state index in [1.807, 2.05) is 0 Å². The fraction of sp³-hybridized carbons (Fsp3) is 0.0769. The Kier molecular flexibility index (Phi) is 3.04. The number of hydrogen-bond acceptors (Lipinski definition) is 3. The molecule has 3 nitrogen and oxygen atoms in total. The number of benzene rings is 2. The Hall–Kier alpha value is -1.10. The number of phenols is 1. The molecule has 0 atom stereocenters. The average Bonchev–Trinajstić information content (AvgIpc) is 2.34. The Labute approximate surface area is 127 Å². The van der Waals surface area contributed by atoms with Gasteiger partial charge in [0, 0.05) is 9.50 Å². The van der Waals surface area contributed by atoms with Gasteiger partial charge in [-0.2, -0.15) is 0 Å². The summed E-state index contributed by atoms with van der Waals surface area (Å²) in [6.45, 7) is 1.80. The molecule has 0 fully saturated rings. The maximum Gasteiger partial charge on any atom is 0.146 e. The lowest BCUT2D eigenvalue weighted by molar-refractivity contribution is 0.476. The number of hydrogen-bond donors (Lipinski definition) is 1. The van der Waals surface area contributed by atoms with Gasteiger partial charge in [0.15, 0.2) is 0 Å². The molecule has 1 N–H and O–H groups in total. The summed E-state index contributed by atoms with van der Waals surface area (Å²) in [5, 5.41) is 11.0. The highest BCUT2D eigenvalue weighted by Crippen LogP contribution is 2.35. The number of aryl methyl sites for hydroxylation is 1. The van der Waals surface area contributed by atoms with Gasteiger partial charge in [-0.25, -0.2) is 9.97 Å². The van der Waals surface area contributed by atoms with Crippen molar-refractivity contribution >= 4 is 61.2 Å². The highest BCUT2D eigenvalue weighted by atomic mass is 79.9. The summed E-state index contributed by atoms with van der Waals surface area (Å²) in [5.41, 5.74) is 2.83. The molecular weight excluding hydrogens is 351 g/mol. The first-order chi connectivity index (χ1) is 8.97. The summed E-state index contributed by atoms with van der Waals surface area (Å²) in [7, 11) is 0. The minimum atomic E-state index is 0.110. The molecule has 0 radical (unpaired) electrons. The smallest absolute Gasteiger partial charge is 0.146 e. The maximum absolute atomic E-state index is 10.1. The molecule has 0 aliphatic rings. The summed E-state index contributed by atoms with van der Waals surface area (Å²) in [4.78, 5) is 8.87. The number of nitrogens with zero attached hydrogens (tertiary/aromatic N) is 2.